The Morgan fingerprint density at radius 1 is 1.19 bits per heavy atom. The number of halogens is 1. The largest absolute Gasteiger partial charge is 0.465 e. The second-order valence-electron chi connectivity index (χ2n) is 5.91. The standard InChI is InChI=1S/C17H20N2O4S2.ClH/c1-18-9-10-19(14(12-18)13-6-4-3-5-7-13)25(21,22)15-8-11-24-16(15)17(20)23-2;/h3-8,11,14H,9-10,12H2,1-2H3;1H. The molecule has 2 aromatic rings. The Balaban J connectivity index is 0.00000243. The van der Waals surface area contributed by atoms with Gasteiger partial charge in [0.25, 0.3) is 0 Å². The molecule has 26 heavy (non-hydrogen) atoms. The molecule has 2 heterocycles. The molecule has 0 saturated carbocycles. The van der Waals surface area contributed by atoms with Crippen LogP contribution in [0.3, 0.4) is 0 Å². The van der Waals surface area contributed by atoms with Crippen molar-refractivity contribution in [1.82, 2.24) is 9.21 Å². The van der Waals surface area contributed by atoms with Crippen LogP contribution in [0.1, 0.15) is 21.3 Å². The molecule has 0 spiro atoms. The first kappa shape index (κ1) is 20.9. The Morgan fingerprint density at radius 2 is 1.88 bits per heavy atom. The Bertz CT molecular complexity index is 855. The molecule has 1 fully saturated rings. The van der Waals surface area contributed by atoms with Gasteiger partial charge in [-0.25, -0.2) is 13.2 Å². The number of likely N-dealkylation sites (N-methyl/N-ethyl adjacent to an activating group) is 1. The van der Waals surface area contributed by atoms with Crippen molar-refractivity contribution < 1.29 is 17.9 Å². The number of carbonyl (C=O) groups excluding carboxylic acids is 1. The van der Waals surface area contributed by atoms with Gasteiger partial charge in [-0.1, -0.05) is 30.3 Å². The van der Waals surface area contributed by atoms with E-state index in [-0.39, 0.29) is 28.2 Å². The van der Waals surface area contributed by atoms with E-state index >= 15 is 0 Å². The fourth-order valence-corrected chi connectivity index (χ4v) is 5.91. The third-order valence-corrected chi connectivity index (χ3v) is 7.28. The second-order valence-corrected chi connectivity index (χ2v) is 8.69. The first-order valence-electron chi connectivity index (χ1n) is 7.86. The number of carbonyl (C=O) groups is 1. The van der Waals surface area contributed by atoms with Crippen LogP contribution in [0.15, 0.2) is 46.7 Å². The highest BCUT2D eigenvalue weighted by molar-refractivity contribution is 7.89. The van der Waals surface area contributed by atoms with Gasteiger partial charge in [-0.15, -0.1) is 23.7 Å². The molecule has 0 N–H and O–H groups in total. The SMILES string of the molecule is COC(=O)c1sccc1S(=O)(=O)N1CCN(C)CC1c1ccccc1.Cl. The van der Waals surface area contributed by atoms with Crippen LogP contribution in [0.2, 0.25) is 0 Å². The summed E-state index contributed by atoms with van der Waals surface area (Å²) >= 11 is 1.08. The third kappa shape index (κ3) is 3.94. The van der Waals surface area contributed by atoms with Crippen LogP contribution < -0.4 is 0 Å². The number of sulfonamides is 1. The average Bonchev–Trinajstić information content (AvgIpc) is 3.12. The Hall–Kier alpha value is -1.45. The van der Waals surface area contributed by atoms with E-state index in [2.05, 4.69) is 4.90 Å². The molecule has 0 radical (unpaired) electrons. The van der Waals surface area contributed by atoms with E-state index in [0.717, 1.165) is 16.9 Å². The van der Waals surface area contributed by atoms with Gasteiger partial charge < -0.3 is 9.64 Å². The van der Waals surface area contributed by atoms with E-state index in [4.69, 9.17) is 4.74 Å². The molecule has 1 aliphatic heterocycles. The second kappa shape index (κ2) is 8.49. The van der Waals surface area contributed by atoms with E-state index in [9.17, 15) is 13.2 Å². The number of ether oxygens (including phenoxy) is 1. The fraction of sp³-hybridized carbons (Fsp3) is 0.353. The number of thiophene rings is 1. The summed E-state index contributed by atoms with van der Waals surface area (Å²) in [6, 6.07) is 10.8. The molecular weight excluding hydrogens is 396 g/mol. The monoisotopic (exact) mass is 416 g/mol. The molecule has 0 aliphatic carbocycles. The lowest BCUT2D eigenvalue weighted by molar-refractivity contribution is 0.0602. The van der Waals surface area contributed by atoms with E-state index < -0.39 is 16.0 Å². The summed E-state index contributed by atoms with van der Waals surface area (Å²) in [5.41, 5.74) is 0.937. The number of methoxy groups -OCH3 is 1. The summed E-state index contributed by atoms with van der Waals surface area (Å²) in [4.78, 5) is 14.2. The molecule has 1 aromatic carbocycles. The zero-order chi connectivity index (χ0) is 18.0. The first-order chi connectivity index (χ1) is 11.9. The highest BCUT2D eigenvalue weighted by atomic mass is 35.5. The number of esters is 1. The maximum atomic E-state index is 13.3. The molecule has 1 saturated heterocycles. The maximum absolute atomic E-state index is 13.3. The Morgan fingerprint density at radius 3 is 2.54 bits per heavy atom. The molecular formula is C17H21ClN2O4S2. The van der Waals surface area contributed by atoms with Crippen molar-refractivity contribution in [3.63, 3.8) is 0 Å². The van der Waals surface area contributed by atoms with Crippen LogP contribution in [0.25, 0.3) is 0 Å². The minimum Gasteiger partial charge on any atom is -0.465 e. The molecule has 1 atom stereocenters. The van der Waals surface area contributed by atoms with Crippen molar-refractivity contribution in [2.24, 2.45) is 0 Å². The van der Waals surface area contributed by atoms with Gasteiger partial charge in [-0.2, -0.15) is 4.31 Å². The predicted octanol–water partition coefficient (Wildman–Crippen LogP) is 2.63. The summed E-state index contributed by atoms with van der Waals surface area (Å²) in [5.74, 6) is -0.626. The Kier molecular flexibility index (Phi) is 6.81. The van der Waals surface area contributed by atoms with Gasteiger partial charge in [0.15, 0.2) is 0 Å². The lowest BCUT2D eigenvalue weighted by atomic mass is 10.1. The van der Waals surface area contributed by atoms with Gasteiger partial charge in [0.2, 0.25) is 10.0 Å². The molecule has 6 nitrogen and oxygen atoms in total. The quantitative estimate of drug-likeness (QED) is 0.717. The number of hydrogen-bond acceptors (Lipinski definition) is 6. The van der Waals surface area contributed by atoms with Crippen LogP contribution in [-0.2, 0) is 14.8 Å². The number of hydrogen-bond donors (Lipinski definition) is 0. The van der Waals surface area contributed by atoms with Crippen molar-refractivity contribution >= 4 is 39.7 Å². The number of nitrogens with zero attached hydrogens (tertiary/aromatic N) is 2. The molecule has 142 valence electrons. The van der Waals surface area contributed by atoms with Crippen LogP contribution in [0, 0.1) is 0 Å². The summed E-state index contributed by atoms with van der Waals surface area (Å²) in [6.07, 6.45) is 0. The Labute approximate surface area is 163 Å². The van der Waals surface area contributed by atoms with Crippen molar-refractivity contribution in [2.75, 3.05) is 33.8 Å². The maximum Gasteiger partial charge on any atom is 0.349 e. The molecule has 1 aliphatic rings. The zero-order valence-electron chi connectivity index (χ0n) is 14.5. The smallest absolute Gasteiger partial charge is 0.349 e. The zero-order valence-corrected chi connectivity index (χ0v) is 16.9. The normalized spacial score (nSPS) is 18.9. The summed E-state index contributed by atoms with van der Waals surface area (Å²) in [5, 5.41) is 1.60. The van der Waals surface area contributed by atoms with E-state index in [1.807, 2.05) is 37.4 Å². The van der Waals surface area contributed by atoms with Gasteiger partial charge in [0.05, 0.1) is 13.2 Å². The van der Waals surface area contributed by atoms with Crippen molar-refractivity contribution in [1.29, 1.82) is 0 Å². The minimum absolute atomic E-state index is 0. The molecule has 3 rings (SSSR count). The highest BCUT2D eigenvalue weighted by Gasteiger charge is 2.38. The number of benzene rings is 1. The molecule has 1 aromatic heterocycles. The van der Waals surface area contributed by atoms with Crippen LogP contribution >= 0.6 is 23.7 Å². The van der Waals surface area contributed by atoms with Gasteiger partial charge in [0, 0.05) is 19.6 Å². The molecule has 9 heteroatoms. The van der Waals surface area contributed by atoms with Gasteiger partial charge in [0.1, 0.15) is 9.77 Å². The van der Waals surface area contributed by atoms with Crippen molar-refractivity contribution in [3.05, 3.63) is 52.2 Å². The van der Waals surface area contributed by atoms with Crippen LogP contribution in [0.4, 0.5) is 0 Å². The number of piperazine rings is 1. The third-order valence-electron chi connectivity index (χ3n) is 4.31. The van der Waals surface area contributed by atoms with Crippen LogP contribution in [-0.4, -0.2) is 57.4 Å². The summed E-state index contributed by atoms with van der Waals surface area (Å²) < 4.78 is 32.8. The van der Waals surface area contributed by atoms with Crippen molar-refractivity contribution in [3.8, 4) is 0 Å². The molecule has 0 amide bonds. The lowest BCUT2D eigenvalue weighted by Gasteiger charge is -2.39. The van der Waals surface area contributed by atoms with Gasteiger partial charge in [-0.05, 0) is 24.1 Å². The van der Waals surface area contributed by atoms with E-state index in [0.29, 0.717) is 19.6 Å². The summed E-state index contributed by atoms with van der Waals surface area (Å²) in [7, 11) is -0.581. The predicted molar refractivity (Wildman–Crippen MR) is 103 cm³/mol. The van der Waals surface area contributed by atoms with E-state index in [1.54, 1.807) is 5.38 Å². The summed E-state index contributed by atoms with van der Waals surface area (Å²) in [6.45, 7) is 1.61. The van der Waals surface area contributed by atoms with Gasteiger partial charge in [-0.3, -0.25) is 0 Å². The average molecular weight is 417 g/mol. The minimum atomic E-state index is -3.81. The van der Waals surface area contributed by atoms with Gasteiger partial charge >= 0.3 is 5.97 Å². The lowest BCUT2D eigenvalue weighted by Crippen LogP contribution is -2.49. The first-order valence-corrected chi connectivity index (χ1v) is 10.2. The molecule has 0 bridgehead atoms. The van der Waals surface area contributed by atoms with Crippen LogP contribution in [0.5, 0.6) is 0 Å². The fourth-order valence-electron chi connectivity index (χ4n) is 3.01. The molecule has 1 unspecified atom stereocenters. The van der Waals surface area contributed by atoms with Crippen molar-refractivity contribution in [2.45, 2.75) is 10.9 Å². The topological polar surface area (TPSA) is 66.9 Å². The highest BCUT2D eigenvalue weighted by Crippen LogP contribution is 2.33. The van der Waals surface area contributed by atoms with E-state index in [1.165, 1.54) is 17.5 Å². The number of rotatable bonds is 4.